The van der Waals surface area contributed by atoms with E-state index in [-0.39, 0.29) is 17.9 Å². The number of amides is 1. The number of benzene rings is 1. The maximum Gasteiger partial charge on any atom is 0.230 e. The van der Waals surface area contributed by atoms with E-state index in [1.54, 1.807) is 0 Å². The third-order valence-electron chi connectivity index (χ3n) is 2.70. The van der Waals surface area contributed by atoms with Crippen LogP contribution in [0.1, 0.15) is 20.8 Å². The number of hydrogen-bond acceptors (Lipinski definition) is 4. The summed E-state index contributed by atoms with van der Waals surface area (Å²) in [5.41, 5.74) is -0.278. The highest BCUT2D eigenvalue weighted by Crippen LogP contribution is 2.21. The summed E-state index contributed by atoms with van der Waals surface area (Å²) in [6.07, 6.45) is 0. The minimum atomic E-state index is -0.278. The predicted molar refractivity (Wildman–Crippen MR) is 82.2 cm³/mol. The molecule has 0 fully saturated rings. The van der Waals surface area contributed by atoms with Gasteiger partial charge in [0.2, 0.25) is 5.91 Å². The maximum absolute atomic E-state index is 11.7. The minimum absolute atomic E-state index is 0.0228. The second-order valence-corrected chi connectivity index (χ2v) is 6.34. The highest BCUT2D eigenvalue weighted by molar-refractivity contribution is 8.00. The molecule has 0 aliphatic heterocycles. The molecule has 1 aromatic rings. The van der Waals surface area contributed by atoms with Crippen molar-refractivity contribution in [2.45, 2.75) is 25.7 Å². The van der Waals surface area contributed by atoms with Crippen molar-refractivity contribution in [2.24, 2.45) is 5.41 Å². The lowest BCUT2D eigenvalue weighted by molar-refractivity contribution is -0.119. The van der Waals surface area contributed by atoms with Gasteiger partial charge < -0.3 is 15.2 Å². The van der Waals surface area contributed by atoms with Gasteiger partial charge in [0.25, 0.3) is 0 Å². The number of thioether (sulfide) groups is 1. The third kappa shape index (κ3) is 6.30. The average molecular weight is 297 g/mol. The Morgan fingerprint density at radius 2 is 2.00 bits per heavy atom. The van der Waals surface area contributed by atoms with E-state index in [2.05, 4.69) is 5.32 Å². The fourth-order valence-electron chi connectivity index (χ4n) is 1.39. The van der Waals surface area contributed by atoms with Gasteiger partial charge in [0.15, 0.2) is 0 Å². The molecular formula is C15H23NO3S. The molecule has 0 saturated heterocycles. The lowest BCUT2D eigenvalue weighted by Gasteiger charge is -2.21. The summed E-state index contributed by atoms with van der Waals surface area (Å²) >= 11 is 1.48. The molecule has 5 heteroatoms. The summed E-state index contributed by atoms with van der Waals surface area (Å²) in [7, 11) is 0. The summed E-state index contributed by atoms with van der Waals surface area (Å²) in [6.45, 7) is 6.95. The van der Waals surface area contributed by atoms with Gasteiger partial charge in [-0.2, -0.15) is 0 Å². The second kappa shape index (κ2) is 8.17. The molecule has 0 aliphatic rings. The topological polar surface area (TPSA) is 58.6 Å². The van der Waals surface area contributed by atoms with Gasteiger partial charge in [0.05, 0.1) is 12.4 Å². The van der Waals surface area contributed by atoms with E-state index in [0.717, 1.165) is 10.6 Å². The molecule has 0 unspecified atom stereocenters. The lowest BCUT2D eigenvalue weighted by atomic mass is 9.95. The van der Waals surface area contributed by atoms with Crippen LogP contribution < -0.4 is 10.1 Å². The zero-order valence-electron chi connectivity index (χ0n) is 12.3. The average Bonchev–Trinajstić information content (AvgIpc) is 2.45. The number of carbonyl (C=O) groups is 1. The number of aliphatic hydroxyl groups is 1. The van der Waals surface area contributed by atoms with Crippen LogP contribution in [0.5, 0.6) is 5.75 Å². The second-order valence-electron chi connectivity index (χ2n) is 5.29. The molecule has 0 heterocycles. The molecule has 0 radical (unpaired) electrons. The van der Waals surface area contributed by atoms with E-state index < -0.39 is 0 Å². The molecule has 1 amide bonds. The molecule has 0 aromatic heterocycles. The van der Waals surface area contributed by atoms with E-state index in [4.69, 9.17) is 9.84 Å². The highest BCUT2D eigenvalue weighted by Gasteiger charge is 2.17. The van der Waals surface area contributed by atoms with Crippen molar-refractivity contribution in [3.8, 4) is 5.75 Å². The smallest absolute Gasteiger partial charge is 0.230 e. The van der Waals surface area contributed by atoms with Gasteiger partial charge >= 0.3 is 0 Å². The maximum atomic E-state index is 11.7. The Hall–Kier alpha value is -1.20. The molecule has 0 aliphatic carbocycles. The molecule has 1 aromatic carbocycles. The number of hydrogen-bond donors (Lipinski definition) is 2. The summed E-state index contributed by atoms with van der Waals surface area (Å²) in [5, 5.41) is 11.9. The molecule has 0 bridgehead atoms. The van der Waals surface area contributed by atoms with Crippen molar-refractivity contribution >= 4 is 17.7 Å². The zero-order valence-corrected chi connectivity index (χ0v) is 13.1. The van der Waals surface area contributed by atoms with E-state index in [9.17, 15) is 4.79 Å². The van der Waals surface area contributed by atoms with E-state index >= 15 is 0 Å². The number of aliphatic hydroxyl groups excluding tert-OH is 1. The Morgan fingerprint density at radius 3 is 2.55 bits per heavy atom. The van der Waals surface area contributed by atoms with Crippen LogP contribution in [0.2, 0.25) is 0 Å². The predicted octanol–water partition coefficient (Wildman–Crippen LogP) is 2.31. The molecule has 20 heavy (non-hydrogen) atoms. The van der Waals surface area contributed by atoms with E-state index in [1.165, 1.54) is 11.8 Å². The van der Waals surface area contributed by atoms with Crippen molar-refractivity contribution in [3.05, 3.63) is 24.3 Å². The Kier molecular flexibility index (Phi) is 6.88. The van der Waals surface area contributed by atoms with Crippen molar-refractivity contribution < 1.29 is 14.6 Å². The van der Waals surface area contributed by atoms with Crippen LogP contribution in [0.25, 0.3) is 0 Å². The van der Waals surface area contributed by atoms with Crippen LogP contribution in [-0.2, 0) is 4.79 Å². The summed E-state index contributed by atoms with van der Waals surface area (Å²) in [5.74, 6) is 1.19. The number of rotatable bonds is 8. The van der Waals surface area contributed by atoms with Crippen LogP contribution in [0.3, 0.4) is 0 Å². The first-order chi connectivity index (χ1) is 9.46. The van der Waals surface area contributed by atoms with E-state index in [0.29, 0.717) is 18.9 Å². The van der Waals surface area contributed by atoms with E-state index in [1.807, 2.05) is 45.0 Å². The summed E-state index contributed by atoms with van der Waals surface area (Å²) < 4.78 is 5.36. The van der Waals surface area contributed by atoms with Crippen LogP contribution in [0, 0.1) is 5.41 Å². The van der Waals surface area contributed by atoms with Gasteiger partial charge in [-0.3, -0.25) is 4.79 Å². The summed E-state index contributed by atoms with van der Waals surface area (Å²) in [4.78, 5) is 12.7. The van der Waals surface area contributed by atoms with Crippen molar-refractivity contribution in [2.75, 3.05) is 25.5 Å². The lowest BCUT2D eigenvalue weighted by Crippen LogP contribution is -2.36. The number of ether oxygens (including phenoxy) is 1. The van der Waals surface area contributed by atoms with Crippen LogP contribution >= 0.6 is 11.8 Å². The van der Waals surface area contributed by atoms with Crippen LogP contribution in [0.4, 0.5) is 0 Å². The van der Waals surface area contributed by atoms with Gasteiger partial charge in [-0.05, 0) is 31.2 Å². The number of carbonyl (C=O) groups excluding carboxylic acids is 1. The Morgan fingerprint density at radius 1 is 1.35 bits per heavy atom. The molecule has 112 valence electrons. The van der Waals surface area contributed by atoms with Crippen molar-refractivity contribution in [1.82, 2.24) is 5.32 Å². The molecule has 0 atom stereocenters. The highest BCUT2D eigenvalue weighted by atomic mass is 32.2. The monoisotopic (exact) mass is 297 g/mol. The van der Waals surface area contributed by atoms with Crippen LogP contribution in [0.15, 0.2) is 29.2 Å². The van der Waals surface area contributed by atoms with Crippen molar-refractivity contribution in [1.29, 1.82) is 0 Å². The van der Waals surface area contributed by atoms with Crippen molar-refractivity contribution in [3.63, 3.8) is 0 Å². The Balaban J connectivity index is 2.33. The fraction of sp³-hybridized carbons (Fsp3) is 0.533. The van der Waals surface area contributed by atoms with Gasteiger partial charge in [0, 0.05) is 23.5 Å². The first kappa shape index (κ1) is 16.9. The number of nitrogens with one attached hydrogen (secondary N) is 1. The van der Waals surface area contributed by atoms with Crippen LogP contribution in [-0.4, -0.2) is 36.5 Å². The molecule has 4 nitrogen and oxygen atoms in total. The molecular weight excluding hydrogens is 274 g/mol. The minimum Gasteiger partial charge on any atom is -0.494 e. The SMILES string of the molecule is CCOc1ccc(SCC(=O)NCC(C)(C)CO)cc1. The molecule has 2 N–H and O–H groups in total. The largest absolute Gasteiger partial charge is 0.494 e. The molecule has 0 spiro atoms. The zero-order chi connectivity index (χ0) is 15.0. The van der Waals surface area contributed by atoms with Gasteiger partial charge in [0.1, 0.15) is 5.75 Å². The normalized spacial score (nSPS) is 11.2. The molecule has 0 saturated carbocycles. The fourth-order valence-corrected chi connectivity index (χ4v) is 2.12. The quantitative estimate of drug-likeness (QED) is 0.723. The summed E-state index contributed by atoms with van der Waals surface area (Å²) in [6, 6.07) is 7.69. The first-order valence-corrected chi connectivity index (χ1v) is 7.68. The van der Waals surface area contributed by atoms with Gasteiger partial charge in [-0.1, -0.05) is 13.8 Å². The van der Waals surface area contributed by atoms with Gasteiger partial charge in [-0.25, -0.2) is 0 Å². The third-order valence-corrected chi connectivity index (χ3v) is 3.71. The first-order valence-electron chi connectivity index (χ1n) is 6.70. The Bertz CT molecular complexity index is 418. The molecule has 1 rings (SSSR count). The Labute approximate surface area is 124 Å². The van der Waals surface area contributed by atoms with Gasteiger partial charge in [-0.15, -0.1) is 11.8 Å². The standard InChI is InChI=1S/C15H23NO3S/c1-4-19-12-5-7-13(8-6-12)20-9-14(18)16-10-15(2,3)11-17/h5-8,17H,4,9-11H2,1-3H3,(H,16,18).